The van der Waals surface area contributed by atoms with E-state index in [2.05, 4.69) is 40.0 Å². The van der Waals surface area contributed by atoms with Gasteiger partial charge in [0.2, 0.25) is 5.95 Å². The van der Waals surface area contributed by atoms with Crippen molar-refractivity contribution >= 4 is 34.3 Å². The molecule has 0 saturated carbocycles. The summed E-state index contributed by atoms with van der Waals surface area (Å²) in [6.07, 6.45) is 10.4. The monoisotopic (exact) mass is 456 g/mol. The normalized spacial score (nSPS) is 14.2. The van der Waals surface area contributed by atoms with E-state index >= 15 is 0 Å². The van der Waals surface area contributed by atoms with Gasteiger partial charge in [-0.05, 0) is 17.7 Å². The molecule has 1 aromatic carbocycles. The number of methoxy groups -OCH3 is 1. The molecule has 0 unspecified atom stereocenters. The molecule has 1 aliphatic heterocycles. The first kappa shape index (κ1) is 21.7. The van der Waals surface area contributed by atoms with Crippen LogP contribution in [-0.2, 0) is 9.53 Å². The van der Waals surface area contributed by atoms with Crippen molar-refractivity contribution in [3.63, 3.8) is 0 Å². The molecule has 34 heavy (non-hydrogen) atoms. The Kier molecular flexibility index (Phi) is 6.21. The molecule has 0 aliphatic carbocycles. The first-order chi connectivity index (χ1) is 16.7. The highest BCUT2D eigenvalue weighted by Crippen LogP contribution is 2.28. The van der Waals surface area contributed by atoms with Gasteiger partial charge in [-0.25, -0.2) is 15.0 Å². The minimum atomic E-state index is -0.212. The molecule has 4 heterocycles. The number of ether oxygens (including phenoxy) is 1. The Bertz CT molecular complexity index is 1280. The summed E-state index contributed by atoms with van der Waals surface area (Å²) in [5, 5.41) is 4.28. The van der Waals surface area contributed by atoms with Crippen LogP contribution in [0.1, 0.15) is 0 Å². The van der Waals surface area contributed by atoms with Crippen LogP contribution in [0.3, 0.4) is 0 Å². The topological polar surface area (TPSA) is 109 Å². The van der Waals surface area contributed by atoms with Crippen LogP contribution in [0.25, 0.3) is 22.0 Å². The second-order valence-corrected chi connectivity index (χ2v) is 7.92. The zero-order valence-corrected chi connectivity index (χ0v) is 18.8. The van der Waals surface area contributed by atoms with Crippen molar-refractivity contribution in [3.8, 4) is 11.1 Å². The van der Waals surface area contributed by atoms with E-state index in [0.29, 0.717) is 18.3 Å². The average Bonchev–Trinajstić information content (AvgIpc) is 2.90. The van der Waals surface area contributed by atoms with Gasteiger partial charge in [-0.3, -0.25) is 19.7 Å². The highest BCUT2D eigenvalue weighted by atomic mass is 16.5. The highest BCUT2D eigenvalue weighted by Gasteiger charge is 2.21. The van der Waals surface area contributed by atoms with Crippen LogP contribution in [0.5, 0.6) is 0 Å². The van der Waals surface area contributed by atoms with E-state index in [1.54, 1.807) is 24.8 Å². The fraction of sp³-hybridized carbons (Fsp3) is 0.250. The van der Waals surface area contributed by atoms with E-state index in [0.717, 1.165) is 53.9 Å². The number of piperazine rings is 1. The first-order valence-corrected chi connectivity index (χ1v) is 11.0. The summed E-state index contributed by atoms with van der Waals surface area (Å²) in [5.74, 6) is 1.15. The molecule has 0 atom stereocenters. The first-order valence-electron chi connectivity index (χ1n) is 11.0. The van der Waals surface area contributed by atoms with Crippen molar-refractivity contribution in [2.24, 2.45) is 0 Å². The number of hydrogen-bond donors (Lipinski definition) is 1. The molecule has 4 aromatic rings. The van der Waals surface area contributed by atoms with E-state index in [1.807, 2.05) is 36.7 Å². The van der Waals surface area contributed by atoms with Crippen LogP contribution in [0, 0.1) is 0 Å². The number of nitrogens with one attached hydrogen (secondary N) is 1. The zero-order valence-electron chi connectivity index (χ0n) is 18.8. The minimum absolute atomic E-state index is 0.212. The van der Waals surface area contributed by atoms with Crippen LogP contribution in [-0.4, -0.2) is 75.6 Å². The smallest absolute Gasteiger partial charge is 0.319 e. The number of benzene rings is 1. The van der Waals surface area contributed by atoms with Crippen LogP contribution < -0.4 is 10.2 Å². The van der Waals surface area contributed by atoms with Crippen LogP contribution in [0.2, 0.25) is 0 Å². The van der Waals surface area contributed by atoms with E-state index in [4.69, 9.17) is 4.74 Å². The lowest BCUT2D eigenvalue weighted by atomic mass is 10.1. The predicted molar refractivity (Wildman–Crippen MR) is 129 cm³/mol. The number of rotatable bonds is 6. The molecule has 0 spiro atoms. The van der Waals surface area contributed by atoms with Gasteiger partial charge in [0.1, 0.15) is 5.82 Å². The van der Waals surface area contributed by atoms with E-state index in [1.165, 1.54) is 7.11 Å². The lowest BCUT2D eigenvalue weighted by Crippen LogP contribution is -2.48. The molecule has 1 N–H and O–H groups in total. The molecule has 10 nitrogen and oxygen atoms in total. The summed E-state index contributed by atoms with van der Waals surface area (Å²) >= 11 is 0. The Hall–Kier alpha value is -4.18. The number of aromatic nitrogens is 5. The summed E-state index contributed by atoms with van der Waals surface area (Å²) in [4.78, 5) is 37.8. The van der Waals surface area contributed by atoms with Crippen molar-refractivity contribution in [1.29, 1.82) is 0 Å². The molecule has 5 rings (SSSR count). The molecule has 1 fully saturated rings. The van der Waals surface area contributed by atoms with Crippen molar-refractivity contribution in [2.75, 3.05) is 50.1 Å². The van der Waals surface area contributed by atoms with E-state index in [-0.39, 0.29) is 5.97 Å². The summed E-state index contributed by atoms with van der Waals surface area (Å²) in [6, 6.07) is 8.02. The fourth-order valence-electron chi connectivity index (χ4n) is 3.92. The SMILES string of the molecule is COC(=O)CN1CCN(c2ncc(-c3ccc4c(Nc5cnccn5)ccnc4c3)cn2)CC1. The summed E-state index contributed by atoms with van der Waals surface area (Å²) in [5.41, 5.74) is 3.68. The van der Waals surface area contributed by atoms with E-state index in [9.17, 15) is 4.79 Å². The van der Waals surface area contributed by atoms with Crippen molar-refractivity contribution in [1.82, 2.24) is 29.8 Å². The molecule has 10 heteroatoms. The van der Waals surface area contributed by atoms with Crippen LogP contribution >= 0.6 is 0 Å². The summed E-state index contributed by atoms with van der Waals surface area (Å²) in [6.45, 7) is 3.37. The number of nitrogens with zero attached hydrogens (tertiary/aromatic N) is 7. The van der Waals surface area contributed by atoms with Gasteiger partial charge in [-0.1, -0.05) is 12.1 Å². The lowest BCUT2D eigenvalue weighted by molar-refractivity contribution is -0.142. The third kappa shape index (κ3) is 4.76. The van der Waals surface area contributed by atoms with Gasteiger partial charge in [0, 0.05) is 68.1 Å². The van der Waals surface area contributed by atoms with Gasteiger partial charge < -0.3 is 15.0 Å². The third-order valence-electron chi connectivity index (χ3n) is 5.78. The standard InChI is InChI=1S/C24H24N8O2/c1-34-23(33)16-31-8-10-32(11-9-31)24-28-13-18(14-29-24)17-2-3-19-20(4-5-26-21(19)12-17)30-22-15-25-6-7-27-22/h2-7,12-15H,8-11,16H2,1H3,(H,26,27,30). The number of carbonyl (C=O) groups is 1. The van der Waals surface area contributed by atoms with E-state index < -0.39 is 0 Å². The van der Waals surface area contributed by atoms with Crippen molar-refractivity contribution in [2.45, 2.75) is 0 Å². The van der Waals surface area contributed by atoms with Gasteiger partial charge >= 0.3 is 5.97 Å². The maximum atomic E-state index is 11.5. The predicted octanol–water partition coefficient (Wildman–Crippen LogP) is 2.52. The number of pyridine rings is 1. The molecule has 0 bridgehead atoms. The molecular weight excluding hydrogens is 432 g/mol. The number of carbonyl (C=O) groups excluding carboxylic acids is 1. The van der Waals surface area contributed by atoms with Crippen LogP contribution in [0.4, 0.5) is 17.5 Å². The molecule has 1 aliphatic rings. The highest BCUT2D eigenvalue weighted by molar-refractivity contribution is 5.94. The second kappa shape index (κ2) is 9.75. The maximum Gasteiger partial charge on any atom is 0.319 e. The average molecular weight is 457 g/mol. The second-order valence-electron chi connectivity index (χ2n) is 7.92. The molecular formula is C24H24N8O2. The Morgan fingerprint density at radius 3 is 2.50 bits per heavy atom. The van der Waals surface area contributed by atoms with Gasteiger partial charge in [0.25, 0.3) is 0 Å². The number of hydrogen-bond acceptors (Lipinski definition) is 10. The third-order valence-corrected chi connectivity index (χ3v) is 5.78. The van der Waals surface area contributed by atoms with Gasteiger partial charge in [-0.15, -0.1) is 0 Å². The van der Waals surface area contributed by atoms with Crippen molar-refractivity contribution in [3.05, 3.63) is 61.4 Å². The molecule has 0 amide bonds. The molecule has 0 radical (unpaired) electrons. The quantitative estimate of drug-likeness (QED) is 0.435. The van der Waals surface area contributed by atoms with Gasteiger partial charge in [-0.2, -0.15) is 0 Å². The Labute approximate surface area is 196 Å². The fourth-order valence-corrected chi connectivity index (χ4v) is 3.92. The number of anilines is 3. The molecule has 3 aromatic heterocycles. The lowest BCUT2D eigenvalue weighted by Gasteiger charge is -2.33. The minimum Gasteiger partial charge on any atom is -0.468 e. The largest absolute Gasteiger partial charge is 0.468 e. The summed E-state index contributed by atoms with van der Waals surface area (Å²) in [7, 11) is 1.41. The Morgan fingerprint density at radius 2 is 1.76 bits per heavy atom. The van der Waals surface area contributed by atoms with Gasteiger partial charge in [0.05, 0.1) is 31.1 Å². The molecule has 1 saturated heterocycles. The number of fused-ring (bicyclic) bond motifs is 1. The summed E-state index contributed by atoms with van der Waals surface area (Å²) < 4.78 is 4.75. The van der Waals surface area contributed by atoms with Crippen LogP contribution in [0.15, 0.2) is 61.4 Å². The van der Waals surface area contributed by atoms with Crippen molar-refractivity contribution < 1.29 is 9.53 Å². The molecule has 172 valence electrons. The number of esters is 1. The Morgan fingerprint density at radius 1 is 0.941 bits per heavy atom. The Balaban J connectivity index is 1.29. The maximum absolute atomic E-state index is 11.5. The van der Waals surface area contributed by atoms with Gasteiger partial charge in [0.15, 0.2) is 0 Å². The zero-order chi connectivity index (χ0) is 23.3.